The van der Waals surface area contributed by atoms with Crippen LogP contribution in [0.3, 0.4) is 0 Å². The molecule has 0 radical (unpaired) electrons. The lowest BCUT2D eigenvalue weighted by atomic mass is 10.1. The largest absolute Gasteiger partial charge is 0.322 e. The molecule has 0 bridgehead atoms. The van der Waals surface area contributed by atoms with Crippen LogP contribution < -0.4 is 16.2 Å². The zero-order chi connectivity index (χ0) is 19.9. The molecule has 0 aliphatic rings. The van der Waals surface area contributed by atoms with Crippen LogP contribution in [0.2, 0.25) is 0 Å². The van der Waals surface area contributed by atoms with Crippen molar-refractivity contribution >= 4 is 23.4 Å². The van der Waals surface area contributed by atoms with Crippen molar-refractivity contribution in [1.82, 2.24) is 10.9 Å². The smallest absolute Gasteiger partial charge is 0.269 e. The average molecular weight is 373 g/mol. The topological polar surface area (TPSA) is 87.3 Å². The fourth-order valence-corrected chi connectivity index (χ4v) is 2.58. The minimum Gasteiger partial charge on any atom is -0.322 e. The molecule has 0 spiro atoms. The van der Waals surface area contributed by atoms with E-state index in [1.165, 1.54) is 6.07 Å². The molecule has 0 unspecified atom stereocenters. The number of carbonyl (C=O) groups excluding carboxylic acids is 3. The van der Waals surface area contributed by atoms with Gasteiger partial charge in [0.1, 0.15) is 0 Å². The van der Waals surface area contributed by atoms with Gasteiger partial charge in [0.25, 0.3) is 17.7 Å². The van der Waals surface area contributed by atoms with Crippen molar-refractivity contribution in [3.05, 3.63) is 101 Å². The number of hydrogen-bond acceptors (Lipinski definition) is 3. The van der Waals surface area contributed by atoms with Crippen molar-refractivity contribution in [3.63, 3.8) is 0 Å². The van der Waals surface area contributed by atoms with Crippen molar-refractivity contribution in [2.45, 2.75) is 6.92 Å². The monoisotopic (exact) mass is 373 g/mol. The number of amides is 3. The molecule has 0 aliphatic carbocycles. The van der Waals surface area contributed by atoms with Crippen LogP contribution in [0.15, 0.2) is 78.9 Å². The third kappa shape index (κ3) is 4.82. The maximum absolute atomic E-state index is 12.3. The van der Waals surface area contributed by atoms with E-state index < -0.39 is 11.8 Å². The number of benzene rings is 3. The molecule has 0 heterocycles. The number of hydrazine groups is 1. The van der Waals surface area contributed by atoms with Gasteiger partial charge >= 0.3 is 0 Å². The molecule has 0 aliphatic heterocycles. The number of aryl methyl sites for hydroxylation is 1. The highest BCUT2D eigenvalue weighted by atomic mass is 16.2. The minimum atomic E-state index is -0.489. The predicted octanol–water partition coefficient (Wildman–Crippen LogP) is 3.32. The van der Waals surface area contributed by atoms with Gasteiger partial charge in [0, 0.05) is 22.4 Å². The van der Waals surface area contributed by atoms with Crippen molar-refractivity contribution in [2.75, 3.05) is 5.32 Å². The van der Waals surface area contributed by atoms with Gasteiger partial charge in [0.15, 0.2) is 0 Å². The first-order valence-electron chi connectivity index (χ1n) is 8.67. The third-order valence-corrected chi connectivity index (χ3v) is 3.99. The molecule has 3 amide bonds. The van der Waals surface area contributed by atoms with Crippen LogP contribution in [0.1, 0.15) is 36.6 Å². The van der Waals surface area contributed by atoms with Crippen LogP contribution >= 0.6 is 0 Å². The molecule has 0 saturated heterocycles. The van der Waals surface area contributed by atoms with Crippen LogP contribution in [0.25, 0.3) is 0 Å². The molecule has 28 heavy (non-hydrogen) atoms. The lowest BCUT2D eigenvalue weighted by Crippen LogP contribution is -2.41. The molecule has 140 valence electrons. The van der Waals surface area contributed by atoms with Crippen molar-refractivity contribution in [1.29, 1.82) is 0 Å². The van der Waals surface area contributed by atoms with E-state index in [2.05, 4.69) is 16.2 Å². The first-order chi connectivity index (χ1) is 13.5. The fraction of sp³-hybridized carbons (Fsp3) is 0.0455. The molecule has 3 N–H and O–H groups in total. The molecule has 3 aromatic carbocycles. The second kappa shape index (κ2) is 8.64. The molecule has 0 aromatic heterocycles. The summed E-state index contributed by atoms with van der Waals surface area (Å²) in [6.07, 6.45) is 0. The van der Waals surface area contributed by atoms with E-state index in [1.807, 2.05) is 19.1 Å². The van der Waals surface area contributed by atoms with E-state index >= 15 is 0 Å². The van der Waals surface area contributed by atoms with Crippen LogP contribution in [-0.2, 0) is 0 Å². The Kier molecular flexibility index (Phi) is 5.81. The summed E-state index contributed by atoms with van der Waals surface area (Å²) in [4.78, 5) is 36.7. The summed E-state index contributed by atoms with van der Waals surface area (Å²) in [7, 11) is 0. The number of hydrogen-bond donors (Lipinski definition) is 3. The number of carbonyl (C=O) groups is 3. The van der Waals surface area contributed by atoms with Gasteiger partial charge < -0.3 is 5.32 Å². The Labute approximate surface area is 162 Å². The zero-order valence-corrected chi connectivity index (χ0v) is 15.2. The van der Waals surface area contributed by atoms with Gasteiger partial charge in [-0.15, -0.1) is 0 Å². The summed E-state index contributed by atoms with van der Waals surface area (Å²) in [5.74, 6) is -1.17. The lowest BCUT2D eigenvalue weighted by Gasteiger charge is -2.10. The molecule has 3 aromatic rings. The van der Waals surface area contributed by atoms with Gasteiger partial charge in [0.05, 0.1) is 0 Å². The highest BCUT2D eigenvalue weighted by Crippen LogP contribution is 2.12. The number of rotatable bonds is 4. The zero-order valence-electron chi connectivity index (χ0n) is 15.2. The van der Waals surface area contributed by atoms with E-state index in [0.29, 0.717) is 22.4 Å². The molecule has 3 rings (SSSR count). The Morgan fingerprint density at radius 3 is 1.82 bits per heavy atom. The quantitative estimate of drug-likeness (QED) is 0.613. The van der Waals surface area contributed by atoms with Crippen LogP contribution in [-0.4, -0.2) is 17.7 Å². The normalized spacial score (nSPS) is 10.0. The Morgan fingerprint density at radius 1 is 0.607 bits per heavy atom. The van der Waals surface area contributed by atoms with Gasteiger partial charge in [-0.3, -0.25) is 25.2 Å². The van der Waals surface area contributed by atoms with Gasteiger partial charge in [-0.25, -0.2) is 0 Å². The third-order valence-electron chi connectivity index (χ3n) is 3.99. The van der Waals surface area contributed by atoms with Gasteiger partial charge in [-0.2, -0.15) is 0 Å². The summed E-state index contributed by atoms with van der Waals surface area (Å²) in [5, 5.41) is 2.74. The van der Waals surface area contributed by atoms with Crippen LogP contribution in [0, 0.1) is 6.92 Å². The Balaban J connectivity index is 1.62. The summed E-state index contributed by atoms with van der Waals surface area (Å²) >= 11 is 0. The Bertz CT molecular complexity index is 1020. The molecule has 0 saturated carbocycles. The van der Waals surface area contributed by atoms with E-state index in [0.717, 1.165) is 5.56 Å². The molecule has 0 fully saturated rings. The Morgan fingerprint density at radius 2 is 1.18 bits per heavy atom. The fourth-order valence-electron chi connectivity index (χ4n) is 2.58. The summed E-state index contributed by atoms with van der Waals surface area (Å²) in [6, 6.07) is 22.3. The van der Waals surface area contributed by atoms with Crippen LogP contribution in [0.4, 0.5) is 5.69 Å². The van der Waals surface area contributed by atoms with Crippen LogP contribution in [0.5, 0.6) is 0 Å². The molecular weight excluding hydrogens is 354 g/mol. The highest BCUT2D eigenvalue weighted by molar-refractivity contribution is 6.05. The van der Waals surface area contributed by atoms with E-state index in [9.17, 15) is 14.4 Å². The average Bonchev–Trinajstić information content (AvgIpc) is 2.72. The summed E-state index contributed by atoms with van der Waals surface area (Å²) < 4.78 is 0. The van der Waals surface area contributed by atoms with E-state index in [1.54, 1.807) is 60.7 Å². The second-order valence-electron chi connectivity index (χ2n) is 6.18. The maximum atomic E-state index is 12.3. The minimum absolute atomic E-state index is 0.272. The summed E-state index contributed by atoms with van der Waals surface area (Å²) in [5.41, 5.74) is 7.45. The number of anilines is 1. The molecule has 0 atom stereocenters. The predicted molar refractivity (Wildman–Crippen MR) is 107 cm³/mol. The molecule has 6 heteroatoms. The van der Waals surface area contributed by atoms with E-state index in [-0.39, 0.29) is 5.91 Å². The maximum Gasteiger partial charge on any atom is 0.269 e. The van der Waals surface area contributed by atoms with Gasteiger partial charge in [-0.1, -0.05) is 42.0 Å². The van der Waals surface area contributed by atoms with Crippen molar-refractivity contribution in [3.8, 4) is 0 Å². The van der Waals surface area contributed by atoms with Crippen molar-refractivity contribution < 1.29 is 14.4 Å². The second-order valence-corrected chi connectivity index (χ2v) is 6.18. The standard InChI is InChI=1S/C22H19N3O3/c1-15-7-5-10-17(13-15)21(27)24-25-22(28)18-11-6-12-19(14-18)23-20(26)16-8-3-2-4-9-16/h2-14H,1H3,(H,23,26)(H,24,27)(H,25,28). The molecule has 6 nitrogen and oxygen atoms in total. The van der Waals surface area contributed by atoms with Gasteiger partial charge in [-0.05, 0) is 49.4 Å². The number of nitrogens with one attached hydrogen (secondary N) is 3. The van der Waals surface area contributed by atoms with Gasteiger partial charge in [0.2, 0.25) is 0 Å². The first kappa shape index (κ1) is 18.8. The first-order valence-corrected chi connectivity index (χ1v) is 8.67. The highest BCUT2D eigenvalue weighted by Gasteiger charge is 2.11. The summed E-state index contributed by atoms with van der Waals surface area (Å²) in [6.45, 7) is 1.88. The van der Waals surface area contributed by atoms with Crippen molar-refractivity contribution in [2.24, 2.45) is 0 Å². The molecular formula is C22H19N3O3. The van der Waals surface area contributed by atoms with E-state index in [4.69, 9.17) is 0 Å². The Hall–Kier alpha value is -3.93. The lowest BCUT2D eigenvalue weighted by molar-refractivity contribution is 0.0846. The SMILES string of the molecule is Cc1cccc(C(=O)NNC(=O)c2cccc(NC(=O)c3ccccc3)c2)c1.